The van der Waals surface area contributed by atoms with Gasteiger partial charge in [0.2, 0.25) is 0 Å². The Morgan fingerprint density at radius 2 is 1.86 bits per heavy atom. The topological polar surface area (TPSA) is 75.3 Å². The van der Waals surface area contributed by atoms with Gasteiger partial charge in [0.15, 0.2) is 11.5 Å². The lowest BCUT2D eigenvalue weighted by Crippen LogP contribution is -2.59. The normalized spacial score (nSPS) is 17.8. The first-order valence-corrected chi connectivity index (χ1v) is 9.94. The predicted molar refractivity (Wildman–Crippen MR) is 108 cm³/mol. The molecule has 0 N–H and O–H groups in total. The summed E-state index contributed by atoms with van der Waals surface area (Å²) in [5.74, 6) is 4.42. The Labute approximate surface area is 164 Å². The quantitative estimate of drug-likeness (QED) is 0.690. The second kappa shape index (κ2) is 6.12. The van der Waals surface area contributed by atoms with Crippen LogP contribution in [0.1, 0.15) is 51.2 Å². The number of hydrogen-bond acceptors (Lipinski definition) is 7. The summed E-state index contributed by atoms with van der Waals surface area (Å²) in [6.45, 7) is 8.23. The average molecular weight is 378 g/mol. The fourth-order valence-corrected chi connectivity index (χ4v) is 3.59. The van der Waals surface area contributed by atoms with Gasteiger partial charge in [-0.25, -0.2) is 9.97 Å². The highest BCUT2D eigenvalue weighted by atomic mass is 15.4. The highest BCUT2D eigenvalue weighted by Crippen LogP contribution is 2.38. The molecule has 28 heavy (non-hydrogen) atoms. The number of hydrogen-bond donors (Lipinski definition) is 0. The molecule has 0 atom stereocenters. The van der Waals surface area contributed by atoms with Gasteiger partial charge in [-0.05, 0) is 31.0 Å². The number of rotatable bonds is 4. The van der Waals surface area contributed by atoms with Gasteiger partial charge in [0.05, 0.1) is 6.04 Å². The van der Waals surface area contributed by atoms with Crippen LogP contribution in [0.15, 0.2) is 24.4 Å². The summed E-state index contributed by atoms with van der Waals surface area (Å²) in [4.78, 5) is 13.8. The molecule has 1 saturated heterocycles. The van der Waals surface area contributed by atoms with E-state index in [0.29, 0.717) is 12.0 Å². The molecule has 4 heterocycles. The van der Waals surface area contributed by atoms with Crippen molar-refractivity contribution < 1.29 is 0 Å². The smallest absolute Gasteiger partial charge is 0.178 e. The lowest BCUT2D eigenvalue weighted by Gasteiger charge is -2.45. The van der Waals surface area contributed by atoms with E-state index in [4.69, 9.17) is 10.1 Å². The van der Waals surface area contributed by atoms with Crippen molar-refractivity contribution in [1.82, 2.24) is 29.8 Å². The third-order valence-electron chi connectivity index (χ3n) is 5.62. The van der Waals surface area contributed by atoms with Crippen LogP contribution in [-0.4, -0.2) is 56.0 Å². The molecule has 1 saturated carbocycles. The number of fused-ring (bicyclic) bond motifs is 1. The van der Waals surface area contributed by atoms with Crippen LogP contribution in [0.4, 0.5) is 11.6 Å². The highest BCUT2D eigenvalue weighted by molar-refractivity contribution is 5.51. The fraction of sp³-hybridized carbons (Fsp3) is 0.550. The molecule has 3 aromatic heterocycles. The third-order valence-corrected chi connectivity index (χ3v) is 5.62. The van der Waals surface area contributed by atoms with E-state index in [2.05, 4.69) is 52.8 Å². The van der Waals surface area contributed by atoms with Crippen LogP contribution >= 0.6 is 0 Å². The highest BCUT2D eigenvalue weighted by Gasteiger charge is 2.33. The van der Waals surface area contributed by atoms with E-state index in [0.717, 1.165) is 42.0 Å². The van der Waals surface area contributed by atoms with Crippen LogP contribution in [0.3, 0.4) is 0 Å². The monoisotopic (exact) mass is 378 g/mol. The summed E-state index contributed by atoms with van der Waals surface area (Å²) in [5.41, 5.74) is 0.686. The van der Waals surface area contributed by atoms with Gasteiger partial charge < -0.3 is 9.80 Å². The Bertz CT molecular complexity index is 1010. The first-order chi connectivity index (χ1) is 13.4. The Morgan fingerprint density at radius 1 is 1.07 bits per heavy atom. The molecule has 0 spiro atoms. The zero-order valence-electron chi connectivity index (χ0n) is 16.9. The minimum absolute atomic E-state index is 0.102. The third kappa shape index (κ3) is 2.96. The largest absolute Gasteiger partial charge is 0.353 e. The lowest BCUT2D eigenvalue weighted by molar-refractivity contribution is 0.482. The maximum absolute atomic E-state index is 4.81. The second-order valence-corrected chi connectivity index (χ2v) is 8.95. The molecule has 0 bridgehead atoms. The number of nitrogens with zero attached hydrogens (tertiary/aromatic N) is 8. The molecule has 2 fully saturated rings. The van der Waals surface area contributed by atoms with E-state index in [1.807, 2.05) is 28.9 Å². The average Bonchev–Trinajstić information content (AvgIpc) is 3.38. The van der Waals surface area contributed by atoms with E-state index in [9.17, 15) is 0 Å². The summed E-state index contributed by atoms with van der Waals surface area (Å²) in [5, 5.41) is 13.4. The predicted octanol–water partition coefficient (Wildman–Crippen LogP) is 2.41. The van der Waals surface area contributed by atoms with E-state index in [1.54, 1.807) is 0 Å². The maximum atomic E-state index is 4.81. The van der Waals surface area contributed by atoms with Crippen LogP contribution in [0.5, 0.6) is 0 Å². The van der Waals surface area contributed by atoms with E-state index in [1.165, 1.54) is 12.8 Å². The zero-order valence-corrected chi connectivity index (χ0v) is 16.9. The minimum atomic E-state index is -0.102. The van der Waals surface area contributed by atoms with Gasteiger partial charge in [0.25, 0.3) is 0 Å². The summed E-state index contributed by atoms with van der Waals surface area (Å²) < 4.78 is 1.87. The first-order valence-electron chi connectivity index (χ1n) is 9.94. The van der Waals surface area contributed by atoms with Gasteiger partial charge in [0, 0.05) is 37.7 Å². The SMILES string of the molecule is CN(c1ccnc(C2CC2)n1)C1CN(c2ccc3nnc(C(C)(C)C)n3n2)C1. The summed E-state index contributed by atoms with van der Waals surface area (Å²) >= 11 is 0. The van der Waals surface area contributed by atoms with Crippen molar-refractivity contribution in [2.24, 2.45) is 0 Å². The molecule has 3 aromatic rings. The van der Waals surface area contributed by atoms with Crippen molar-refractivity contribution >= 4 is 17.3 Å². The van der Waals surface area contributed by atoms with Gasteiger partial charge in [-0.15, -0.1) is 15.3 Å². The number of likely N-dealkylation sites (N-methyl/N-ethyl adjacent to an activating group) is 1. The molecule has 2 aliphatic rings. The van der Waals surface area contributed by atoms with E-state index >= 15 is 0 Å². The van der Waals surface area contributed by atoms with Crippen molar-refractivity contribution in [3.8, 4) is 0 Å². The molecule has 0 aromatic carbocycles. The molecular formula is C20H26N8. The molecular weight excluding hydrogens is 352 g/mol. The summed E-state index contributed by atoms with van der Waals surface area (Å²) in [6, 6.07) is 6.45. The van der Waals surface area contributed by atoms with E-state index in [-0.39, 0.29) is 5.41 Å². The van der Waals surface area contributed by atoms with Crippen molar-refractivity contribution in [1.29, 1.82) is 0 Å². The van der Waals surface area contributed by atoms with Crippen LogP contribution in [0.2, 0.25) is 0 Å². The fourth-order valence-electron chi connectivity index (χ4n) is 3.59. The minimum Gasteiger partial charge on any atom is -0.353 e. The molecule has 5 rings (SSSR count). The molecule has 1 aliphatic heterocycles. The molecule has 0 unspecified atom stereocenters. The van der Waals surface area contributed by atoms with Gasteiger partial charge in [-0.1, -0.05) is 20.8 Å². The van der Waals surface area contributed by atoms with Crippen LogP contribution in [-0.2, 0) is 5.41 Å². The first kappa shape index (κ1) is 17.3. The second-order valence-electron chi connectivity index (χ2n) is 8.95. The van der Waals surface area contributed by atoms with Gasteiger partial charge >= 0.3 is 0 Å². The van der Waals surface area contributed by atoms with Crippen molar-refractivity contribution in [3.63, 3.8) is 0 Å². The van der Waals surface area contributed by atoms with Crippen LogP contribution in [0, 0.1) is 0 Å². The Balaban J connectivity index is 1.32. The lowest BCUT2D eigenvalue weighted by atomic mass is 9.96. The molecule has 8 heteroatoms. The van der Waals surface area contributed by atoms with Gasteiger partial charge in [-0.2, -0.15) is 4.52 Å². The van der Waals surface area contributed by atoms with Crippen molar-refractivity contribution in [3.05, 3.63) is 36.0 Å². The van der Waals surface area contributed by atoms with Gasteiger partial charge in [0.1, 0.15) is 17.5 Å². The standard InChI is InChI=1S/C20H26N8/c1-20(2,3)19-24-23-16-7-8-17(25-28(16)19)27-11-14(12-27)26(4)15-9-10-21-18(22-15)13-5-6-13/h7-10,13-14H,5-6,11-12H2,1-4H3. The zero-order chi connectivity index (χ0) is 19.5. The Morgan fingerprint density at radius 3 is 2.57 bits per heavy atom. The Hall–Kier alpha value is -2.77. The molecule has 146 valence electrons. The molecule has 1 aliphatic carbocycles. The maximum Gasteiger partial charge on any atom is 0.178 e. The van der Waals surface area contributed by atoms with Crippen molar-refractivity contribution in [2.45, 2.75) is 51.0 Å². The molecule has 0 amide bonds. The summed E-state index contributed by atoms with van der Waals surface area (Å²) in [7, 11) is 2.12. The number of aromatic nitrogens is 6. The van der Waals surface area contributed by atoms with E-state index < -0.39 is 0 Å². The summed E-state index contributed by atoms with van der Waals surface area (Å²) in [6.07, 6.45) is 4.33. The van der Waals surface area contributed by atoms with Crippen LogP contribution < -0.4 is 9.80 Å². The molecule has 8 nitrogen and oxygen atoms in total. The molecule has 0 radical (unpaired) electrons. The van der Waals surface area contributed by atoms with Crippen molar-refractivity contribution in [2.75, 3.05) is 29.9 Å². The van der Waals surface area contributed by atoms with Gasteiger partial charge in [-0.3, -0.25) is 0 Å². The van der Waals surface area contributed by atoms with Crippen LogP contribution in [0.25, 0.3) is 5.65 Å². The number of anilines is 2. The Kier molecular flexibility index (Phi) is 3.79.